The van der Waals surface area contributed by atoms with Gasteiger partial charge in [-0.15, -0.1) is 0 Å². The van der Waals surface area contributed by atoms with Crippen LogP contribution in [-0.2, 0) is 13.5 Å². The Kier molecular flexibility index (Phi) is 4.44. The largest absolute Gasteiger partial charge is 0.478 e. The smallest absolute Gasteiger partial charge is 0.336 e. The van der Waals surface area contributed by atoms with Crippen molar-refractivity contribution >= 4 is 40.3 Å². The summed E-state index contributed by atoms with van der Waals surface area (Å²) < 4.78 is 1.89. The van der Waals surface area contributed by atoms with Crippen molar-refractivity contribution in [3.8, 4) is 0 Å². The van der Waals surface area contributed by atoms with E-state index in [0.717, 1.165) is 38.3 Å². The molecule has 0 unspecified atom stereocenters. The lowest BCUT2D eigenvalue weighted by molar-refractivity contribution is 0.0695. The van der Waals surface area contributed by atoms with Crippen LogP contribution in [0.1, 0.15) is 32.9 Å². The van der Waals surface area contributed by atoms with Crippen LogP contribution in [0, 0.1) is 6.92 Å². The van der Waals surface area contributed by atoms with Gasteiger partial charge in [0.25, 0.3) is 0 Å². The van der Waals surface area contributed by atoms with Crippen molar-refractivity contribution in [2.24, 2.45) is 7.05 Å². The van der Waals surface area contributed by atoms with Crippen molar-refractivity contribution < 1.29 is 9.90 Å². The van der Waals surface area contributed by atoms with E-state index in [1.54, 1.807) is 24.0 Å². The molecule has 2 heterocycles. The second-order valence-corrected chi connectivity index (χ2v) is 8.59. The van der Waals surface area contributed by atoms with Crippen LogP contribution >= 0.6 is 11.8 Å². The Balaban J connectivity index is 1.50. The Morgan fingerprint density at radius 3 is 2.63 bits per heavy atom. The summed E-state index contributed by atoms with van der Waals surface area (Å²) in [6, 6.07) is 16.4. The van der Waals surface area contributed by atoms with Crippen LogP contribution in [0.3, 0.4) is 0 Å². The molecule has 1 aliphatic carbocycles. The Labute approximate surface area is 178 Å². The first-order valence-corrected chi connectivity index (χ1v) is 10.4. The molecular weight excluding hydrogens is 394 g/mol. The molecule has 0 fully saturated rings. The zero-order valence-corrected chi connectivity index (χ0v) is 17.4. The van der Waals surface area contributed by atoms with Gasteiger partial charge in [0.1, 0.15) is 0 Å². The minimum absolute atomic E-state index is 0.309. The fourth-order valence-corrected chi connectivity index (χ4v) is 4.71. The number of aryl methyl sites for hydroxylation is 2. The summed E-state index contributed by atoms with van der Waals surface area (Å²) in [5, 5.41) is 15.3. The summed E-state index contributed by atoms with van der Waals surface area (Å²) in [7, 11) is 1.94. The third kappa shape index (κ3) is 3.19. The van der Waals surface area contributed by atoms with Gasteiger partial charge in [0.2, 0.25) is 0 Å². The van der Waals surface area contributed by atoms with E-state index < -0.39 is 5.97 Å². The number of hydrogen-bond acceptors (Lipinski definition) is 4. The average molecular weight is 414 g/mol. The van der Waals surface area contributed by atoms with Crippen molar-refractivity contribution in [3.05, 3.63) is 82.8 Å². The molecule has 0 amide bonds. The van der Waals surface area contributed by atoms with Crippen molar-refractivity contribution in [2.45, 2.75) is 23.1 Å². The normalized spacial score (nSPS) is 12.8. The number of fused-ring (bicyclic) bond motifs is 2. The Bertz CT molecular complexity index is 1340. The topological polar surface area (TPSA) is 68.0 Å². The second-order valence-electron chi connectivity index (χ2n) is 7.44. The molecule has 6 heteroatoms. The number of hydrogen-bond donors (Lipinski definition) is 1. The van der Waals surface area contributed by atoms with E-state index in [4.69, 9.17) is 5.10 Å². The molecule has 1 aliphatic rings. The second kappa shape index (κ2) is 7.15. The van der Waals surface area contributed by atoms with Crippen LogP contribution in [0.15, 0.2) is 64.5 Å². The van der Waals surface area contributed by atoms with E-state index in [2.05, 4.69) is 54.4 Å². The maximum atomic E-state index is 11.6. The van der Waals surface area contributed by atoms with Gasteiger partial charge in [-0.25, -0.2) is 4.79 Å². The van der Waals surface area contributed by atoms with Crippen LogP contribution in [0.2, 0.25) is 0 Å². The van der Waals surface area contributed by atoms with Crippen LogP contribution in [0.5, 0.6) is 0 Å². The number of rotatable bonds is 4. The number of pyridine rings is 1. The highest BCUT2D eigenvalue weighted by Crippen LogP contribution is 2.37. The van der Waals surface area contributed by atoms with Gasteiger partial charge >= 0.3 is 5.97 Å². The highest BCUT2D eigenvalue weighted by atomic mass is 32.2. The van der Waals surface area contributed by atoms with Crippen LogP contribution < -0.4 is 0 Å². The lowest BCUT2D eigenvalue weighted by Gasteiger charge is -2.04. The standard InChI is InChI=1S/C24H19N3O2S/c1-14-3-5-16(6-4-14)30-17-7-8-19-22(13-17)27(2)26-23(19)15-11-20-18(24(28)29)9-10-25-21(20)12-15/h3-10,12-13H,11H2,1-2H3,(H,28,29). The van der Waals surface area contributed by atoms with Crippen molar-refractivity contribution in [1.82, 2.24) is 14.8 Å². The van der Waals surface area contributed by atoms with E-state index in [1.807, 2.05) is 17.8 Å². The molecule has 0 radical (unpaired) electrons. The molecule has 0 spiro atoms. The highest BCUT2D eigenvalue weighted by molar-refractivity contribution is 7.99. The molecule has 5 nitrogen and oxygen atoms in total. The number of aromatic nitrogens is 3. The number of carboxylic acid groups (broad SMARTS) is 1. The SMILES string of the molecule is Cc1ccc(Sc2ccc3c(C4=Cc5nccc(C(=O)O)c5C4)nn(C)c3c2)cc1. The van der Waals surface area contributed by atoms with Gasteiger partial charge in [-0.05, 0) is 60.5 Å². The van der Waals surface area contributed by atoms with Gasteiger partial charge in [-0.1, -0.05) is 29.5 Å². The quantitative estimate of drug-likeness (QED) is 0.497. The first-order valence-electron chi connectivity index (χ1n) is 9.63. The van der Waals surface area contributed by atoms with Gasteiger partial charge < -0.3 is 5.11 Å². The minimum Gasteiger partial charge on any atom is -0.478 e. The van der Waals surface area contributed by atoms with E-state index >= 15 is 0 Å². The molecule has 0 aliphatic heterocycles. The fourth-order valence-electron chi connectivity index (χ4n) is 3.86. The fraction of sp³-hybridized carbons (Fsp3) is 0.125. The molecule has 0 saturated carbocycles. The monoisotopic (exact) mass is 413 g/mol. The third-order valence-electron chi connectivity index (χ3n) is 5.38. The van der Waals surface area contributed by atoms with Crippen molar-refractivity contribution in [2.75, 3.05) is 0 Å². The average Bonchev–Trinajstić information content (AvgIpc) is 3.30. The molecule has 2 aromatic heterocycles. The van der Waals surface area contributed by atoms with Gasteiger partial charge in [-0.3, -0.25) is 9.67 Å². The number of benzene rings is 2. The predicted molar refractivity (Wildman–Crippen MR) is 119 cm³/mol. The summed E-state index contributed by atoms with van der Waals surface area (Å²) in [6.45, 7) is 2.09. The van der Waals surface area contributed by atoms with E-state index in [-0.39, 0.29) is 0 Å². The predicted octanol–water partition coefficient (Wildman–Crippen LogP) is 5.22. The summed E-state index contributed by atoms with van der Waals surface area (Å²) >= 11 is 1.73. The number of aromatic carboxylic acids is 1. The zero-order chi connectivity index (χ0) is 20.8. The summed E-state index contributed by atoms with van der Waals surface area (Å²) in [4.78, 5) is 18.3. The first kappa shape index (κ1) is 18.6. The highest BCUT2D eigenvalue weighted by Gasteiger charge is 2.24. The molecule has 5 rings (SSSR count). The molecule has 148 valence electrons. The molecular formula is C24H19N3O2S. The molecule has 0 atom stereocenters. The maximum absolute atomic E-state index is 11.6. The van der Waals surface area contributed by atoms with Gasteiger partial charge in [0.05, 0.1) is 22.5 Å². The van der Waals surface area contributed by atoms with Crippen molar-refractivity contribution in [1.29, 1.82) is 0 Å². The third-order valence-corrected chi connectivity index (χ3v) is 6.38. The minimum atomic E-state index is -0.924. The van der Waals surface area contributed by atoms with Crippen LogP contribution in [0.25, 0.3) is 22.6 Å². The van der Waals surface area contributed by atoms with Crippen molar-refractivity contribution in [3.63, 3.8) is 0 Å². The lowest BCUT2D eigenvalue weighted by Crippen LogP contribution is -2.03. The van der Waals surface area contributed by atoms with Gasteiger partial charge in [0.15, 0.2) is 0 Å². The molecule has 2 aromatic carbocycles. The first-order chi connectivity index (χ1) is 14.5. The Morgan fingerprint density at radius 1 is 1.10 bits per heavy atom. The summed E-state index contributed by atoms with van der Waals surface area (Å²) in [5.41, 5.74) is 5.95. The van der Waals surface area contributed by atoms with Crippen LogP contribution in [-0.4, -0.2) is 25.8 Å². The molecule has 1 N–H and O–H groups in total. The molecule has 0 saturated heterocycles. The number of carboxylic acids is 1. The lowest BCUT2D eigenvalue weighted by atomic mass is 10.0. The Morgan fingerprint density at radius 2 is 1.87 bits per heavy atom. The maximum Gasteiger partial charge on any atom is 0.336 e. The number of carbonyl (C=O) groups is 1. The zero-order valence-electron chi connectivity index (χ0n) is 16.6. The summed E-state index contributed by atoms with van der Waals surface area (Å²) in [5.74, 6) is -0.924. The van der Waals surface area contributed by atoms with Crippen LogP contribution in [0.4, 0.5) is 0 Å². The molecule has 4 aromatic rings. The number of nitrogens with zero attached hydrogens (tertiary/aromatic N) is 3. The number of allylic oxidation sites excluding steroid dienone is 1. The van der Waals surface area contributed by atoms with Gasteiger partial charge in [-0.2, -0.15) is 5.10 Å². The molecule has 30 heavy (non-hydrogen) atoms. The van der Waals surface area contributed by atoms with Gasteiger partial charge in [0, 0.05) is 34.8 Å². The van der Waals surface area contributed by atoms with E-state index in [1.165, 1.54) is 10.5 Å². The molecule has 0 bridgehead atoms. The van der Waals surface area contributed by atoms with E-state index in [9.17, 15) is 9.90 Å². The Hall–Kier alpha value is -3.38. The van der Waals surface area contributed by atoms with E-state index in [0.29, 0.717) is 12.0 Å². The summed E-state index contributed by atoms with van der Waals surface area (Å²) in [6.07, 6.45) is 4.03.